The van der Waals surface area contributed by atoms with Gasteiger partial charge in [0.2, 0.25) is 0 Å². The summed E-state index contributed by atoms with van der Waals surface area (Å²) in [6.07, 6.45) is 7.61. The molecule has 0 saturated heterocycles. The summed E-state index contributed by atoms with van der Waals surface area (Å²) in [6.45, 7) is 2.86. The third-order valence-electron chi connectivity index (χ3n) is 4.16. The molecule has 1 saturated carbocycles. The molecule has 16 heavy (non-hydrogen) atoms. The van der Waals surface area contributed by atoms with Gasteiger partial charge in [0.15, 0.2) is 0 Å². The van der Waals surface area contributed by atoms with Crippen molar-refractivity contribution in [2.45, 2.75) is 51.9 Å². The summed E-state index contributed by atoms with van der Waals surface area (Å²) >= 11 is 0. The molecule has 3 nitrogen and oxygen atoms in total. The van der Waals surface area contributed by atoms with E-state index in [0.29, 0.717) is 13.0 Å². The summed E-state index contributed by atoms with van der Waals surface area (Å²) in [4.78, 5) is 11.4. The second-order valence-corrected chi connectivity index (χ2v) is 5.16. The second kappa shape index (κ2) is 6.24. The Kier molecular flexibility index (Phi) is 5.26. The normalized spacial score (nSPS) is 30.8. The summed E-state index contributed by atoms with van der Waals surface area (Å²) in [6, 6.07) is 0. The Morgan fingerprint density at radius 1 is 1.44 bits per heavy atom. The van der Waals surface area contributed by atoms with Crippen LogP contribution in [0.4, 0.5) is 0 Å². The van der Waals surface area contributed by atoms with E-state index in [1.165, 1.54) is 32.8 Å². The third-order valence-corrected chi connectivity index (χ3v) is 4.16. The van der Waals surface area contributed by atoms with Crippen LogP contribution >= 0.6 is 0 Å². The first kappa shape index (κ1) is 13.5. The first-order valence-corrected chi connectivity index (χ1v) is 6.42. The number of carbonyl (C=O) groups excluding carboxylic acids is 1. The molecule has 2 atom stereocenters. The Balaban J connectivity index is 2.61. The maximum Gasteiger partial charge on any atom is 0.306 e. The van der Waals surface area contributed by atoms with Crippen molar-refractivity contribution in [2.75, 3.05) is 13.7 Å². The number of esters is 1. The Hall–Kier alpha value is -0.570. The molecule has 2 unspecified atom stereocenters. The molecule has 0 amide bonds. The maximum atomic E-state index is 11.4. The Morgan fingerprint density at radius 3 is 2.75 bits per heavy atom. The van der Waals surface area contributed by atoms with Crippen LogP contribution in [0.3, 0.4) is 0 Å². The van der Waals surface area contributed by atoms with Crippen LogP contribution < -0.4 is 5.73 Å². The lowest BCUT2D eigenvalue weighted by molar-refractivity contribution is -0.143. The van der Waals surface area contributed by atoms with Gasteiger partial charge in [0.1, 0.15) is 0 Å². The Bertz CT molecular complexity index is 230. The molecule has 0 aromatic heterocycles. The average Bonchev–Trinajstić information content (AvgIpc) is 2.52. The first-order valence-electron chi connectivity index (χ1n) is 6.42. The monoisotopic (exact) mass is 227 g/mol. The molecule has 0 aromatic carbocycles. The Labute approximate surface area is 98.7 Å². The number of hydrogen-bond acceptors (Lipinski definition) is 3. The lowest BCUT2D eigenvalue weighted by Gasteiger charge is -2.30. The highest BCUT2D eigenvalue weighted by Crippen LogP contribution is 2.40. The van der Waals surface area contributed by atoms with E-state index in [2.05, 4.69) is 6.92 Å². The predicted molar refractivity (Wildman–Crippen MR) is 65.0 cm³/mol. The first-order chi connectivity index (χ1) is 7.65. The van der Waals surface area contributed by atoms with Crippen LogP contribution in [0.25, 0.3) is 0 Å². The highest BCUT2D eigenvalue weighted by atomic mass is 16.5. The van der Waals surface area contributed by atoms with Gasteiger partial charge >= 0.3 is 5.97 Å². The molecule has 0 aliphatic heterocycles. The third kappa shape index (κ3) is 3.48. The van der Waals surface area contributed by atoms with E-state index in [1.807, 2.05) is 0 Å². The van der Waals surface area contributed by atoms with Gasteiger partial charge in [0, 0.05) is 0 Å². The fraction of sp³-hybridized carbons (Fsp3) is 0.923. The number of ether oxygens (including phenoxy) is 1. The van der Waals surface area contributed by atoms with E-state index < -0.39 is 0 Å². The molecule has 0 radical (unpaired) electrons. The summed E-state index contributed by atoms with van der Waals surface area (Å²) < 4.78 is 4.78. The Morgan fingerprint density at radius 2 is 2.19 bits per heavy atom. The summed E-state index contributed by atoms with van der Waals surface area (Å²) in [5.41, 5.74) is 5.90. The van der Waals surface area contributed by atoms with E-state index in [0.717, 1.165) is 18.8 Å². The number of nitrogens with two attached hydrogens (primary N) is 1. The largest absolute Gasteiger partial charge is 0.469 e. The van der Waals surface area contributed by atoms with E-state index in [1.54, 1.807) is 0 Å². The molecule has 1 rings (SSSR count). The highest BCUT2D eigenvalue weighted by molar-refractivity contribution is 5.70. The van der Waals surface area contributed by atoms with Gasteiger partial charge in [0.05, 0.1) is 13.5 Å². The molecule has 1 aliphatic rings. The van der Waals surface area contributed by atoms with Gasteiger partial charge in [-0.1, -0.05) is 26.2 Å². The molecular weight excluding hydrogens is 202 g/mol. The molecule has 0 heterocycles. The topological polar surface area (TPSA) is 52.3 Å². The van der Waals surface area contributed by atoms with E-state index in [4.69, 9.17) is 10.5 Å². The zero-order valence-corrected chi connectivity index (χ0v) is 10.6. The van der Waals surface area contributed by atoms with Crippen LogP contribution in [0.5, 0.6) is 0 Å². The van der Waals surface area contributed by atoms with Crippen molar-refractivity contribution in [3.8, 4) is 0 Å². The van der Waals surface area contributed by atoms with Crippen LogP contribution in [0.1, 0.15) is 51.9 Å². The number of methoxy groups -OCH3 is 1. The van der Waals surface area contributed by atoms with E-state index >= 15 is 0 Å². The van der Waals surface area contributed by atoms with Gasteiger partial charge in [-0.25, -0.2) is 0 Å². The van der Waals surface area contributed by atoms with Crippen molar-refractivity contribution >= 4 is 5.97 Å². The van der Waals surface area contributed by atoms with Crippen LogP contribution in [0.15, 0.2) is 0 Å². The molecule has 0 bridgehead atoms. The summed E-state index contributed by atoms with van der Waals surface area (Å²) in [7, 11) is 1.46. The molecule has 1 fully saturated rings. The maximum absolute atomic E-state index is 11.4. The van der Waals surface area contributed by atoms with Crippen LogP contribution in [-0.4, -0.2) is 19.6 Å². The number of hydrogen-bond donors (Lipinski definition) is 1. The fourth-order valence-electron chi connectivity index (χ4n) is 2.79. The minimum atomic E-state index is -0.111. The minimum absolute atomic E-state index is 0.0109. The smallest absolute Gasteiger partial charge is 0.306 e. The average molecular weight is 227 g/mol. The second-order valence-electron chi connectivity index (χ2n) is 5.16. The molecule has 1 aliphatic carbocycles. The molecule has 0 aromatic rings. The summed E-state index contributed by atoms with van der Waals surface area (Å²) in [5.74, 6) is 0.714. The van der Waals surface area contributed by atoms with Gasteiger partial charge in [0.25, 0.3) is 0 Å². The van der Waals surface area contributed by atoms with Crippen molar-refractivity contribution < 1.29 is 9.53 Å². The zero-order chi connectivity index (χ0) is 12.0. The van der Waals surface area contributed by atoms with Crippen LogP contribution in [0.2, 0.25) is 0 Å². The van der Waals surface area contributed by atoms with Crippen LogP contribution in [0, 0.1) is 11.3 Å². The number of rotatable bonds is 4. The standard InChI is InChI=1S/C13H25NO2/c1-3-11-5-4-7-13(10-14,8-6-11)9-12(15)16-2/h11H,3-10,14H2,1-2H3. The van der Waals surface area contributed by atoms with Crippen molar-refractivity contribution in [1.82, 2.24) is 0 Å². The molecule has 0 spiro atoms. The highest BCUT2D eigenvalue weighted by Gasteiger charge is 2.34. The number of carbonyl (C=O) groups is 1. The van der Waals surface area contributed by atoms with Crippen molar-refractivity contribution in [1.29, 1.82) is 0 Å². The van der Waals surface area contributed by atoms with Crippen molar-refractivity contribution in [3.05, 3.63) is 0 Å². The fourth-order valence-corrected chi connectivity index (χ4v) is 2.79. The lowest BCUT2D eigenvalue weighted by atomic mass is 9.77. The zero-order valence-electron chi connectivity index (χ0n) is 10.6. The van der Waals surface area contributed by atoms with Crippen molar-refractivity contribution in [2.24, 2.45) is 17.1 Å². The molecule has 3 heteroatoms. The van der Waals surface area contributed by atoms with Gasteiger partial charge in [-0.15, -0.1) is 0 Å². The van der Waals surface area contributed by atoms with Crippen molar-refractivity contribution in [3.63, 3.8) is 0 Å². The summed E-state index contributed by atoms with van der Waals surface area (Å²) in [5, 5.41) is 0. The van der Waals surface area contributed by atoms with Gasteiger partial charge < -0.3 is 10.5 Å². The van der Waals surface area contributed by atoms with Gasteiger partial charge in [-0.05, 0) is 37.1 Å². The SMILES string of the molecule is CCC1CCCC(CN)(CC(=O)OC)CC1. The van der Waals surface area contributed by atoms with E-state index in [-0.39, 0.29) is 11.4 Å². The molecular formula is C13H25NO2. The van der Waals surface area contributed by atoms with Crippen LogP contribution in [-0.2, 0) is 9.53 Å². The van der Waals surface area contributed by atoms with Gasteiger partial charge in [-0.2, -0.15) is 0 Å². The lowest BCUT2D eigenvalue weighted by Crippen LogP contribution is -2.33. The van der Waals surface area contributed by atoms with E-state index in [9.17, 15) is 4.79 Å². The van der Waals surface area contributed by atoms with Gasteiger partial charge in [-0.3, -0.25) is 4.79 Å². The molecule has 94 valence electrons. The minimum Gasteiger partial charge on any atom is -0.469 e. The quantitative estimate of drug-likeness (QED) is 0.593. The predicted octanol–water partition coefficient (Wildman–Crippen LogP) is 2.48. The molecule has 2 N–H and O–H groups in total.